The van der Waals surface area contributed by atoms with Gasteiger partial charge in [-0.3, -0.25) is 9.59 Å². The van der Waals surface area contributed by atoms with Gasteiger partial charge in [-0.2, -0.15) is 0 Å². The largest absolute Gasteiger partial charge is 0.386 e. The summed E-state index contributed by atoms with van der Waals surface area (Å²) in [5.74, 6) is 0.125. The van der Waals surface area contributed by atoms with Gasteiger partial charge in [0.1, 0.15) is 11.3 Å². The summed E-state index contributed by atoms with van der Waals surface area (Å²) in [6, 6.07) is 8.89. The number of aliphatic hydroxyl groups is 1. The predicted molar refractivity (Wildman–Crippen MR) is 78.1 cm³/mol. The number of benzene rings is 1. The highest BCUT2D eigenvalue weighted by molar-refractivity contribution is 5.96. The highest BCUT2D eigenvalue weighted by atomic mass is 16.3. The van der Waals surface area contributed by atoms with Crippen molar-refractivity contribution in [2.45, 2.75) is 18.4 Å². The third-order valence-corrected chi connectivity index (χ3v) is 4.54. The molecular weight excluding hydrogens is 268 g/mol. The van der Waals surface area contributed by atoms with Gasteiger partial charge < -0.3 is 15.0 Å². The Kier molecular flexibility index (Phi) is 2.50. The van der Waals surface area contributed by atoms with E-state index in [0.717, 1.165) is 18.2 Å². The lowest BCUT2D eigenvalue weighted by Gasteiger charge is -2.46. The maximum Gasteiger partial charge on any atom is 0.270 e. The summed E-state index contributed by atoms with van der Waals surface area (Å²) >= 11 is 0. The Morgan fingerprint density at radius 2 is 2.00 bits per heavy atom. The summed E-state index contributed by atoms with van der Waals surface area (Å²) < 4.78 is 0. The van der Waals surface area contributed by atoms with Crippen molar-refractivity contribution in [3.63, 3.8) is 0 Å². The number of hydrogen-bond donors (Lipinski definition) is 2. The molecule has 4 rings (SSSR count). The normalized spacial score (nSPS) is 20.3. The SMILES string of the molecule is O=C(c1cc2ccccc2c(=O)[nH]1)N1CC(O)(C2CC2)C1. The van der Waals surface area contributed by atoms with Crippen LogP contribution in [-0.2, 0) is 0 Å². The second kappa shape index (κ2) is 4.18. The van der Waals surface area contributed by atoms with Crippen molar-refractivity contribution in [3.05, 3.63) is 46.4 Å². The van der Waals surface area contributed by atoms with Crippen LogP contribution in [0.15, 0.2) is 35.1 Å². The van der Waals surface area contributed by atoms with Gasteiger partial charge in [-0.05, 0) is 36.3 Å². The number of fused-ring (bicyclic) bond motifs is 1. The number of rotatable bonds is 2. The second-order valence-electron chi connectivity index (χ2n) is 6.14. The molecule has 5 nitrogen and oxygen atoms in total. The quantitative estimate of drug-likeness (QED) is 0.868. The molecule has 0 bridgehead atoms. The molecule has 1 saturated carbocycles. The summed E-state index contributed by atoms with van der Waals surface area (Å²) in [7, 11) is 0. The zero-order valence-corrected chi connectivity index (χ0v) is 11.5. The molecule has 0 unspecified atom stereocenters. The van der Waals surface area contributed by atoms with E-state index in [9.17, 15) is 14.7 Å². The number of aromatic nitrogens is 1. The number of carbonyl (C=O) groups is 1. The molecule has 1 aliphatic carbocycles. The van der Waals surface area contributed by atoms with E-state index in [4.69, 9.17) is 0 Å². The van der Waals surface area contributed by atoms with Crippen molar-refractivity contribution >= 4 is 16.7 Å². The zero-order valence-electron chi connectivity index (χ0n) is 11.5. The molecule has 0 radical (unpaired) electrons. The fourth-order valence-electron chi connectivity index (χ4n) is 3.13. The Morgan fingerprint density at radius 3 is 2.71 bits per heavy atom. The van der Waals surface area contributed by atoms with Crippen LogP contribution >= 0.6 is 0 Å². The van der Waals surface area contributed by atoms with E-state index in [1.54, 1.807) is 23.1 Å². The smallest absolute Gasteiger partial charge is 0.270 e. The number of likely N-dealkylation sites (tertiary alicyclic amines) is 1. The average Bonchev–Trinajstić information content (AvgIpc) is 3.28. The number of hydrogen-bond acceptors (Lipinski definition) is 3. The molecule has 1 saturated heterocycles. The summed E-state index contributed by atoms with van der Waals surface area (Å²) in [6.45, 7) is 0.733. The van der Waals surface area contributed by atoms with Crippen molar-refractivity contribution in [2.24, 2.45) is 5.92 Å². The molecule has 2 aromatic rings. The third-order valence-electron chi connectivity index (χ3n) is 4.54. The van der Waals surface area contributed by atoms with E-state index in [1.807, 2.05) is 12.1 Å². The summed E-state index contributed by atoms with van der Waals surface area (Å²) in [5.41, 5.74) is -0.668. The lowest BCUT2D eigenvalue weighted by molar-refractivity contribution is -0.0959. The van der Waals surface area contributed by atoms with Gasteiger partial charge in [-0.15, -0.1) is 0 Å². The van der Waals surface area contributed by atoms with E-state index < -0.39 is 5.60 Å². The van der Waals surface area contributed by atoms with E-state index in [2.05, 4.69) is 4.98 Å². The highest BCUT2D eigenvalue weighted by Crippen LogP contribution is 2.44. The molecule has 5 heteroatoms. The van der Waals surface area contributed by atoms with Crippen LogP contribution in [0.2, 0.25) is 0 Å². The predicted octanol–water partition coefficient (Wildman–Crippen LogP) is 1.12. The zero-order chi connectivity index (χ0) is 14.6. The molecule has 1 aliphatic heterocycles. The van der Waals surface area contributed by atoms with Gasteiger partial charge >= 0.3 is 0 Å². The third kappa shape index (κ3) is 1.96. The number of pyridine rings is 1. The molecule has 1 aromatic heterocycles. The van der Waals surface area contributed by atoms with Crippen molar-refractivity contribution in [1.29, 1.82) is 0 Å². The minimum atomic E-state index is -0.702. The van der Waals surface area contributed by atoms with Gasteiger partial charge in [-0.25, -0.2) is 0 Å². The summed E-state index contributed by atoms with van der Waals surface area (Å²) in [5, 5.41) is 11.6. The molecule has 108 valence electrons. The Bertz CT molecular complexity index is 785. The standard InChI is InChI=1S/C16H16N2O3/c19-14-12-4-2-1-3-10(12)7-13(17-14)15(20)18-8-16(21,9-18)11-5-6-11/h1-4,7,11,21H,5-6,8-9H2,(H,17,19). The first-order valence-corrected chi connectivity index (χ1v) is 7.20. The Labute approximate surface area is 121 Å². The topological polar surface area (TPSA) is 73.4 Å². The number of nitrogens with one attached hydrogen (secondary N) is 1. The highest BCUT2D eigenvalue weighted by Gasteiger charge is 2.53. The van der Waals surface area contributed by atoms with Crippen molar-refractivity contribution in [3.8, 4) is 0 Å². The van der Waals surface area contributed by atoms with E-state index in [0.29, 0.717) is 24.4 Å². The van der Waals surface area contributed by atoms with Gasteiger partial charge in [0.2, 0.25) is 0 Å². The van der Waals surface area contributed by atoms with Gasteiger partial charge in [0.05, 0.1) is 13.1 Å². The van der Waals surface area contributed by atoms with Crippen LogP contribution in [0.25, 0.3) is 10.8 Å². The lowest BCUT2D eigenvalue weighted by Crippen LogP contribution is -2.64. The number of amides is 1. The van der Waals surface area contributed by atoms with Gasteiger partial charge in [0.25, 0.3) is 11.5 Å². The van der Waals surface area contributed by atoms with Crippen LogP contribution in [0.1, 0.15) is 23.3 Å². The minimum Gasteiger partial charge on any atom is -0.386 e. The van der Waals surface area contributed by atoms with E-state index in [1.165, 1.54) is 0 Å². The average molecular weight is 284 g/mol. The Morgan fingerprint density at radius 1 is 1.29 bits per heavy atom. The Hall–Kier alpha value is -2.14. The van der Waals surface area contributed by atoms with Gasteiger partial charge in [0, 0.05) is 5.39 Å². The number of carbonyl (C=O) groups excluding carboxylic acids is 1. The monoisotopic (exact) mass is 284 g/mol. The van der Waals surface area contributed by atoms with Crippen LogP contribution < -0.4 is 5.56 Å². The van der Waals surface area contributed by atoms with E-state index >= 15 is 0 Å². The van der Waals surface area contributed by atoms with Crippen LogP contribution in [0.4, 0.5) is 0 Å². The van der Waals surface area contributed by atoms with Gasteiger partial charge in [0.15, 0.2) is 0 Å². The fourth-order valence-corrected chi connectivity index (χ4v) is 3.13. The Balaban J connectivity index is 1.62. The molecular formula is C16H16N2O3. The number of aromatic amines is 1. The van der Waals surface area contributed by atoms with E-state index in [-0.39, 0.29) is 17.2 Å². The fraction of sp³-hybridized carbons (Fsp3) is 0.375. The summed E-state index contributed by atoms with van der Waals surface area (Å²) in [6.07, 6.45) is 2.09. The molecule has 0 atom stereocenters. The van der Waals surface area contributed by atoms with Crippen LogP contribution in [0.3, 0.4) is 0 Å². The molecule has 2 aliphatic rings. The molecule has 21 heavy (non-hydrogen) atoms. The first-order valence-electron chi connectivity index (χ1n) is 7.20. The molecule has 2 fully saturated rings. The molecule has 0 spiro atoms. The van der Waals surface area contributed by atoms with Crippen molar-refractivity contribution < 1.29 is 9.90 Å². The maximum absolute atomic E-state index is 12.4. The lowest BCUT2D eigenvalue weighted by atomic mass is 9.88. The van der Waals surface area contributed by atoms with Crippen LogP contribution in [-0.4, -0.2) is 39.6 Å². The molecule has 2 heterocycles. The first kappa shape index (κ1) is 12.6. The molecule has 1 amide bonds. The molecule has 2 N–H and O–H groups in total. The minimum absolute atomic E-state index is 0.219. The first-order chi connectivity index (χ1) is 10.1. The number of nitrogens with zero attached hydrogens (tertiary/aromatic N) is 1. The van der Waals surface area contributed by atoms with Gasteiger partial charge in [-0.1, -0.05) is 18.2 Å². The van der Waals surface area contributed by atoms with Crippen molar-refractivity contribution in [2.75, 3.05) is 13.1 Å². The number of β-amino-alcohol motifs (C(OH)–C–C–N with tert-alkyl or cyclic N) is 1. The van der Waals surface area contributed by atoms with Crippen LogP contribution in [0.5, 0.6) is 0 Å². The second-order valence-corrected chi connectivity index (χ2v) is 6.14. The number of H-pyrrole nitrogens is 1. The van der Waals surface area contributed by atoms with Crippen LogP contribution in [0, 0.1) is 5.92 Å². The summed E-state index contributed by atoms with van der Waals surface area (Å²) in [4.78, 5) is 28.6. The van der Waals surface area contributed by atoms with Crippen molar-refractivity contribution in [1.82, 2.24) is 9.88 Å². The maximum atomic E-state index is 12.4. The molecule has 1 aromatic carbocycles.